The van der Waals surface area contributed by atoms with E-state index in [1.54, 1.807) is 13.0 Å². The molecule has 12 aromatic rings. The number of fused-ring (bicyclic) bond motifs is 6. The average Bonchev–Trinajstić information content (AvgIpc) is 3.99. The van der Waals surface area contributed by atoms with E-state index in [9.17, 15) is 13.2 Å². The summed E-state index contributed by atoms with van der Waals surface area (Å²) in [5, 5.41) is 4.16. The van der Waals surface area contributed by atoms with Gasteiger partial charge in [0, 0.05) is 21.5 Å². The number of aryl methyl sites for hydroxylation is 13. The predicted molar refractivity (Wildman–Crippen MR) is 335 cm³/mol. The van der Waals surface area contributed by atoms with Crippen LogP contribution in [0.15, 0.2) is 152 Å². The van der Waals surface area contributed by atoms with Crippen molar-refractivity contribution in [2.45, 2.75) is 96.2 Å². The first-order chi connectivity index (χ1) is 38.6. The first kappa shape index (κ1) is 52.8. The Kier molecular flexibility index (Phi) is 12.6. The molecule has 0 saturated carbocycles. The standard InChI is InChI=1S/C75H64F3N3/c1-40-23-45(6)71(46(7)24-40)53-15-19-65-60(34-53)61-35-54(72-47(8)25-41(2)26-48(72)9)16-20-66(61)80(65)69-38-59(57-31-44(5)32-58(33-57)75(76,77)78)64(79-14)39-70(69)81-67-21-17-55(73-49(10)27-42(3)28-50(73)11)36-62(67)63-37-56(18-22-68(63)81)74-51(12)29-43(4)30-52(74)13/h15-39H,1-13H3. The lowest BCUT2D eigenvalue weighted by molar-refractivity contribution is -0.137. The molecule has 0 atom stereocenters. The zero-order valence-electron chi connectivity index (χ0n) is 48.4. The summed E-state index contributed by atoms with van der Waals surface area (Å²) in [6.07, 6.45) is -4.60. The molecule has 6 heteroatoms. The number of rotatable bonds is 7. The van der Waals surface area contributed by atoms with E-state index in [-0.39, 0.29) is 5.69 Å². The van der Waals surface area contributed by atoms with E-state index >= 15 is 0 Å². The monoisotopic (exact) mass is 1060 g/mol. The Bertz CT molecular complexity index is 4400. The summed E-state index contributed by atoms with van der Waals surface area (Å²) in [5.74, 6) is 0. The van der Waals surface area contributed by atoms with Crippen molar-refractivity contribution >= 4 is 49.3 Å². The maximum Gasteiger partial charge on any atom is 0.416 e. The zero-order valence-corrected chi connectivity index (χ0v) is 48.4. The van der Waals surface area contributed by atoms with Gasteiger partial charge >= 0.3 is 6.18 Å². The molecule has 0 radical (unpaired) electrons. The first-order valence-corrected chi connectivity index (χ1v) is 27.8. The highest BCUT2D eigenvalue weighted by molar-refractivity contribution is 6.15. The van der Waals surface area contributed by atoms with Gasteiger partial charge in [-0.3, -0.25) is 0 Å². The first-order valence-electron chi connectivity index (χ1n) is 27.8. The van der Waals surface area contributed by atoms with Crippen molar-refractivity contribution in [3.63, 3.8) is 0 Å². The lowest BCUT2D eigenvalue weighted by Gasteiger charge is -2.21. The van der Waals surface area contributed by atoms with Gasteiger partial charge in [0.05, 0.1) is 45.6 Å². The molecule has 0 N–H and O–H groups in total. The summed E-state index contributed by atoms with van der Waals surface area (Å²) >= 11 is 0. The molecule has 0 spiro atoms. The topological polar surface area (TPSA) is 14.2 Å². The van der Waals surface area contributed by atoms with E-state index in [1.807, 2.05) is 12.1 Å². The van der Waals surface area contributed by atoms with Crippen LogP contribution in [0.25, 0.3) is 115 Å². The Morgan fingerprint density at radius 2 is 0.605 bits per heavy atom. The number of benzene rings is 10. The molecule has 0 aliphatic carbocycles. The number of hydrogen-bond acceptors (Lipinski definition) is 0. The van der Waals surface area contributed by atoms with Crippen LogP contribution in [0, 0.1) is 96.6 Å². The fourth-order valence-corrected chi connectivity index (χ4v) is 14.1. The van der Waals surface area contributed by atoms with Gasteiger partial charge < -0.3 is 9.13 Å². The molecule has 10 aromatic carbocycles. The van der Waals surface area contributed by atoms with Crippen molar-refractivity contribution in [2.75, 3.05) is 0 Å². The SMILES string of the molecule is [C-]#[N+]c1cc(-n2c3ccc(-c4c(C)cc(C)cc4C)cc3c3cc(-c4c(C)cc(C)cc4C)ccc32)c(-n2c3ccc(-c4c(C)cc(C)cc4C)cc3c3cc(-c4c(C)cc(C)cc4C)ccc32)cc1-c1cc(C)cc(C(F)(F)F)c1. The van der Waals surface area contributed by atoms with Crippen LogP contribution in [0.4, 0.5) is 18.9 Å². The van der Waals surface area contributed by atoms with Crippen molar-refractivity contribution in [1.29, 1.82) is 0 Å². The Balaban J connectivity index is 1.24. The highest BCUT2D eigenvalue weighted by Crippen LogP contribution is 2.48. The molecule has 0 saturated heterocycles. The fourth-order valence-electron chi connectivity index (χ4n) is 14.1. The second-order valence-corrected chi connectivity index (χ2v) is 23.2. The number of aromatic nitrogens is 2. The molecule has 81 heavy (non-hydrogen) atoms. The minimum absolute atomic E-state index is 0.244. The van der Waals surface area contributed by atoms with E-state index in [0.717, 1.165) is 77.2 Å². The summed E-state index contributed by atoms with van der Waals surface area (Å²) in [7, 11) is 0. The van der Waals surface area contributed by atoms with E-state index in [2.05, 4.69) is 218 Å². The third kappa shape index (κ3) is 8.91. The van der Waals surface area contributed by atoms with Crippen molar-refractivity contribution in [3.8, 4) is 67.0 Å². The lowest BCUT2D eigenvalue weighted by Crippen LogP contribution is -2.06. The van der Waals surface area contributed by atoms with Crippen LogP contribution in [0.5, 0.6) is 0 Å². The van der Waals surface area contributed by atoms with Gasteiger partial charge in [-0.25, -0.2) is 4.85 Å². The highest BCUT2D eigenvalue weighted by atomic mass is 19.4. The molecule has 3 nitrogen and oxygen atoms in total. The van der Waals surface area contributed by atoms with Crippen LogP contribution >= 0.6 is 0 Å². The fraction of sp³-hybridized carbons (Fsp3) is 0.187. The Morgan fingerprint density at radius 3 is 0.889 bits per heavy atom. The molecule has 0 amide bonds. The minimum Gasteiger partial charge on any atom is -0.308 e. The van der Waals surface area contributed by atoms with Crippen LogP contribution in [-0.4, -0.2) is 9.13 Å². The molecule has 0 bridgehead atoms. The average molecular weight is 1060 g/mol. The normalized spacial score (nSPS) is 11.9. The lowest BCUT2D eigenvalue weighted by atomic mass is 9.91. The van der Waals surface area contributed by atoms with Gasteiger partial charge in [0.1, 0.15) is 0 Å². The molecule has 0 aliphatic rings. The second-order valence-electron chi connectivity index (χ2n) is 23.2. The number of halogens is 3. The molecular formula is C75H64F3N3. The molecule has 0 fully saturated rings. The van der Waals surface area contributed by atoms with Crippen molar-refractivity contribution in [3.05, 3.63) is 241 Å². The van der Waals surface area contributed by atoms with Gasteiger partial charge in [0.2, 0.25) is 0 Å². The van der Waals surface area contributed by atoms with E-state index in [4.69, 9.17) is 6.57 Å². The van der Waals surface area contributed by atoms with Gasteiger partial charge in [-0.2, -0.15) is 13.2 Å². The molecule has 0 unspecified atom stereocenters. The van der Waals surface area contributed by atoms with Crippen LogP contribution in [0.1, 0.15) is 77.9 Å². The van der Waals surface area contributed by atoms with E-state index in [0.29, 0.717) is 16.7 Å². The van der Waals surface area contributed by atoms with Crippen molar-refractivity contribution in [2.24, 2.45) is 0 Å². The van der Waals surface area contributed by atoms with Crippen molar-refractivity contribution < 1.29 is 13.2 Å². The van der Waals surface area contributed by atoms with E-state index < -0.39 is 11.7 Å². The molecular weight excluding hydrogens is 1000 g/mol. The molecule has 2 heterocycles. The quantitative estimate of drug-likeness (QED) is 0.141. The largest absolute Gasteiger partial charge is 0.416 e. The number of hydrogen-bond donors (Lipinski definition) is 0. The third-order valence-electron chi connectivity index (χ3n) is 16.8. The Labute approximate surface area is 473 Å². The predicted octanol–water partition coefficient (Wildman–Crippen LogP) is 21.8. The minimum atomic E-state index is -4.60. The smallest absolute Gasteiger partial charge is 0.308 e. The van der Waals surface area contributed by atoms with Crippen LogP contribution in [0.3, 0.4) is 0 Å². The maximum absolute atomic E-state index is 14.8. The molecule has 0 aliphatic heterocycles. The van der Waals surface area contributed by atoms with Gasteiger partial charge in [-0.05, 0) is 269 Å². The molecule has 12 rings (SSSR count). The van der Waals surface area contributed by atoms with Gasteiger partial charge in [0.25, 0.3) is 0 Å². The van der Waals surface area contributed by atoms with E-state index in [1.165, 1.54) is 101 Å². The highest BCUT2D eigenvalue weighted by Gasteiger charge is 2.32. The van der Waals surface area contributed by atoms with Gasteiger partial charge in [-0.1, -0.05) is 101 Å². The zero-order chi connectivity index (χ0) is 57.2. The molecule has 400 valence electrons. The summed E-state index contributed by atoms with van der Waals surface area (Å²) in [5.41, 5.74) is 29.4. The summed E-state index contributed by atoms with van der Waals surface area (Å²) in [4.78, 5) is 4.19. The van der Waals surface area contributed by atoms with Crippen LogP contribution in [0.2, 0.25) is 0 Å². The van der Waals surface area contributed by atoms with Gasteiger partial charge in [0.15, 0.2) is 5.69 Å². The van der Waals surface area contributed by atoms with Crippen molar-refractivity contribution in [1.82, 2.24) is 9.13 Å². The molecule has 2 aromatic heterocycles. The van der Waals surface area contributed by atoms with Crippen LogP contribution < -0.4 is 0 Å². The maximum atomic E-state index is 14.8. The van der Waals surface area contributed by atoms with Gasteiger partial charge in [-0.15, -0.1) is 0 Å². The summed E-state index contributed by atoms with van der Waals surface area (Å²) in [6, 6.07) is 52.9. The van der Waals surface area contributed by atoms with Crippen LogP contribution in [-0.2, 0) is 6.18 Å². The number of nitrogens with zero attached hydrogens (tertiary/aromatic N) is 3. The summed E-state index contributed by atoms with van der Waals surface area (Å²) < 4.78 is 49.0. The Morgan fingerprint density at radius 1 is 0.321 bits per heavy atom. The second kappa shape index (κ2) is 19.4. The Hall–Kier alpha value is -8.92. The summed E-state index contributed by atoms with van der Waals surface area (Å²) in [6.45, 7) is 36.5. The number of alkyl halides is 3. The third-order valence-corrected chi connectivity index (χ3v) is 16.8.